The van der Waals surface area contributed by atoms with Gasteiger partial charge in [0.25, 0.3) is 5.91 Å². The van der Waals surface area contributed by atoms with E-state index in [1.54, 1.807) is 6.07 Å². The summed E-state index contributed by atoms with van der Waals surface area (Å²) < 4.78 is 0. The molecule has 0 aliphatic carbocycles. The van der Waals surface area contributed by atoms with Crippen LogP contribution in [0, 0.1) is 17.8 Å². The number of carbonyl (C=O) groups excluding carboxylic acids is 1. The van der Waals surface area contributed by atoms with Crippen molar-refractivity contribution in [3.05, 3.63) is 35.4 Å². The van der Waals surface area contributed by atoms with Gasteiger partial charge in [-0.05, 0) is 24.5 Å². The zero-order chi connectivity index (χ0) is 14.3. The first kappa shape index (κ1) is 15.3. The van der Waals surface area contributed by atoms with Crippen LogP contribution in [0.1, 0.15) is 43.1 Å². The van der Waals surface area contributed by atoms with E-state index in [1.807, 2.05) is 18.2 Å². The van der Waals surface area contributed by atoms with E-state index in [0.29, 0.717) is 18.0 Å². The number of rotatable bonds is 4. The zero-order valence-electron chi connectivity index (χ0n) is 11.9. The van der Waals surface area contributed by atoms with Crippen molar-refractivity contribution in [1.82, 2.24) is 5.32 Å². The van der Waals surface area contributed by atoms with E-state index in [4.69, 9.17) is 5.73 Å². The van der Waals surface area contributed by atoms with Gasteiger partial charge in [0.1, 0.15) is 0 Å². The summed E-state index contributed by atoms with van der Waals surface area (Å²) in [6.07, 6.45) is 0.917. The number of nitrogens with one attached hydrogen (secondary N) is 1. The molecule has 0 bridgehead atoms. The third-order valence-corrected chi connectivity index (χ3v) is 3.06. The number of amides is 1. The Morgan fingerprint density at radius 3 is 2.63 bits per heavy atom. The second-order valence-corrected chi connectivity index (χ2v) is 4.78. The van der Waals surface area contributed by atoms with E-state index >= 15 is 0 Å². The molecule has 0 saturated carbocycles. The molecule has 1 aromatic carbocycles. The summed E-state index contributed by atoms with van der Waals surface area (Å²) >= 11 is 0. The molecule has 1 atom stereocenters. The molecule has 3 nitrogen and oxygen atoms in total. The van der Waals surface area contributed by atoms with Crippen LogP contribution in [0.3, 0.4) is 0 Å². The first-order chi connectivity index (χ1) is 9.10. The van der Waals surface area contributed by atoms with Crippen LogP contribution in [0.4, 0.5) is 0 Å². The topological polar surface area (TPSA) is 55.1 Å². The van der Waals surface area contributed by atoms with Crippen molar-refractivity contribution in [3.63, 3.8) is 0 Å². The van der Waals surface area contributed by atoms with E-state index in [2.05, 4.69) is 37.9 Å². The fraction of sp³-hybridized carbons (Fsp3) is 0.438. The Kier molecular flexibility index (Phi) is 6.11. The third kappa shape index (κ3) is 4.42. The van der Waals surface area contributed by atoms with Gasteiger partial charge in [0.15, 0.2) is 0 Å². The van der Waals surface area contributed by atoms with Gasteiger partial charge in [0, 0.05) is 11.6 Å². The highest BCUT2D eigenvalue weighted by molar-refractivity contribution is 5.96. The normalized spacial score (nSPS) is 11.6. The van der Waals surface area contributed by atoms with Crippen LogP contribution in [0.2, 0.25) is 0 Å². The number of hydrogen-bond donors (Lipinski definition) is 2. The van der Waals surface area contributed by atoms with Crippen LogP contribution in [0.5, 0.6) is 0 Å². The van der Waals surface area contributed by atoms with E-state index < -0.39 is 0 Å². The number of carbonyl (C=O) groups is 1. The Labute approximate surface area is 115 Å². The third-order valence-electron chi connectivity index (χ3n) is 3.06. The van der Waals surface area contributed by atoms with Crippen molar-refractivity contribution in [2.45, 2.75) is 33.2 Å². The minimum absolute atomic E-state index is 0.0672. The maximum atomic E-state index is 12.3. The van der Waals surface area contributed by atoms with Crippen LogP contribution in [0.25, 0.3) is 0 Å². The van der Waals surface area contributed by atoms with Gasteiger partial charge >= 0.3 is 0 Å². The quantitative estimate of drug-likeness (QED) is 0.813. The molecule has 0 aliphatic heterocycles. The molecule has 3 heteroatoms. The Hall–Kier alpha value is -1.79. The molecular formula is C16H22N2O. The molecule has 0 heterocycles. The van der Waals surface area contributed by atoms with Crippen molar-refractivity contribution < 1.29 is 4.79 Å². The molecule has 0 radical (unpaired) electrons. The average molecular weight is 258 g/mol. The minimum atomic E-state index is -0.0672. The maximum absolute atomic E-state index is 12.3. The summed E-state index contributed by atoms with van der Waals surface area (Å²) in [7, 11) is 0. The SMILES string of the molecule is CCC(NC(=O)c1ccccc1C#CCN)C(C)C. The Morgan fingerprint density at radius 1 is 1.37 bits per heavy atom. The molecule has 1 aromatic rings. The van der Waals surface area contributed by atoms with Crippen molar-refractivity contribution in [2.24, 2.45) is 11.7 Å². The molecule has 3 N–H and O–H groups in total. The summed E-state index contributed by atoms with van der Waals surface area (Å²) in [6.45, 7) is 6.58. The molecule has 19 heavy (non-hydrogen) atoms. The summed E-state index contributed by atoms with van der Waals surface area (Å²) in [5.41, 5.74) is 6.71. The smallest absolute Gasteiger partial charge is 0.252 e. The summed E-state index contributed by atoms with van der Waals surface area (Å²) in [4.78, 5) is 12.3. The van der Waals surface area contributed by atoms with Crippen molar-refractivity contribution >= 4 is 5.91 Å². The first-order valence-electron chi connectivity index (χ1n) is 6.69. The highest BCUT2D eigenvalue weighted by atomic mass is 16.1. The van der Waals surface area contributed by atoms with E-state index in [9.17, 15) is 4.79 Å². The lowest BCUT2D eigenvalue weighted by molar-refractivity contribution is 0.0924. The van der Waals surface area contributed by atoms with Crippen LogP contribution in [-0.4, -0.2) is 18.5 Å². The van der Waals surface area contributed by atoms with Gasteiger partial charge in [-0.15, -0.1) is 0 Å². The van der Waals surface area contributed by atoms with Crippen molar-refractivity contribution in [3.8, 4) is 11.8 Å². The molecule has 1 amide bonds. The predicted molar refractivity (Wildman–Crippen MR) is 78.8 cm³/mol. The first-order valence-corrected chi connectivity index (χ1v) is 6.69. The summed E-state index contributed by atoms with van der Waals surface area (Å²) in [5, 5.41) is 3.06. The minimum Gasteiger partial charge on any atom is -0.349 e. The lowest BCUT2D eigenvalue weighted by Crippen LogP contribution is -2.38. The fourth-order valence-corrected chi connectivity index (χ4v) is 1.92. The maximum Gasteiger partial charge on any atom is 0.252 e. The molecule has 0 fully saturated rings. The summed E-state index contributed by atoms with van der Waals surface area (Å²) in [5.74, 6) is 6.07. The molecule has 0 aliphatic rings. The molecule has 1 rings (SSSR count). The number of nitrogens with two attached hydrogens (primary N) is 1. The Morgan fingerprint density at radius 2 is 2.05 bits per heavy atom. The van der Waals surface area contributed by atoms with Crippen molar-refractivity contribution in [1.29, 1.82) is 0 Å². The van der Waals surface area contributed by atoms with Crippen LogP contribution >= 0.6 is 0 Å². The van der Waals surface area contributed by atoms with Gasteiger partial charge in [0.05, 0.1) is 12.1 Å². The second kappa shape index (κ2) is 7.60. The standard InChI is InChI=1S/C16H22N2O/c1-4-15(12(2)3)18-16(19)14-10-6-5-8-13(14)9-7-11-17/h5-6,8,10,12,15H,4,11,17H2,1-3H3,(H,18,19). The van der Waals surface area contributed by atoms with E-state index in [-0.39, 0.29) is 11.9 Å². The number of benzene rings is 1. The monoisotopic (exact) mass is 258 g/mol. The molecule has 0 spiro atoms. The lowest BCUT2D eigenvalue weighted by atomic mass is 10.0. The summed E-state index contributed by atoms with van der Waals surface area (Å²) in [6, 6.07) is 7.54. The van der Waals surface area contributed by atoms with Gasteiger partial charge in [-0.1, -0.05) is 44.7 Å². The fourth-order valence-electron chi connectivity index (χ4n) is 1.92. The van der Waals surface area contributed by atoms with Gasteiger partial charge in [-0.2, -0.15) is 0 Å². The number of hydrogen-bond acceptors (Lipinski definition) is 2. The Balaban J connectivity index is 2.93. The van der Waals surface area contributed by atoms with Crippen LogP contribution in [-0.2, 0) is 0 Å². The zero-order valence-corrected chi connectivity index (χ0v) is 11.9. The van der Waals surface area contributed by atoms with Gasteiger partial charge < -0.3 is 11.1 Å². The molecule has 102 valence electrons. The Bertz CT molecular complexity index is 483. The average Bonchev–Trinajstić information content (AvgIpc) is 2.42. The highest BCUT2D eigenvalue weighted by Crippen LogP contribution is 2.10. The lowest BCUT2D eigenvalue weighted by Gasteiger charge is -2.21. The highest BCUT2D eigenvalue weighted by Gasteiger charge is 2.16. The molecular weight excluding hydrogens is 236 g/mol. The largest absolute Gasteiger partial charge is 0.349 e. The molecule has 0 aromatic heterocycles. The van der Waals surface area contributed by atoms with Crippen molar-refractivity contribution in [2.75, 3.05) is 6.54 Å². The second-order valence-electron chi connectivity index (χ2n) is 4.78. The van der Waals surface area contributed by atoms with Gasteiger partial charge in [-0.25, -0.2) is 0 Å². The van der Waals surface area contributed by atoms with Gasteiger partial charge in [0.2, 0.25) is 0 Å². The van der Waals surface area contributed by atoms with Crippen LogP contribution in [0.15, 0.2) is 24.3 Å². The predicted octanol–water partition coefficient (Wildman–Crippen LogP) is 2.16. The van der Waals surface area contributed by atoms with Crippen LogP contribution < -0.4 is 11.1 Å². The van der Waals surface area contributed by atoms with E-state index in [0.717, 1.165) is 12.0 Å². The molecule has 0 saturated heterocycles. The van der Waals surface area contributed by atoms with Gasteiger partial charge in [-0.3, -0.25) is 4.79 Å². The molecule has 1 unspecified atom stereocenters. The van der Waals surface area contributed by atoms with E-state index in [1.165, 1.54) is 0 Å².